The number of likely N-dealkylation sites (N-methyl/N-ethyl adjacent to an activating group) is 1. The van der Waals surface area contributed by atoms with Crippen LogP contribution >= 0.6 is 0 Å². The Morgan fingerprint density at radius 1 is 0.786 bits per heavy atom. The molecule has 0 aliphatic rings. The molecule has 42 heavy (non-hydrogen) atoms. The summed E-state index contributed by atoms with van der Waals surface area (Å²) in [6, 6.07) is 35.9. The maximum absolute atomic E-state index is 13.4. The van der Waals surface area contributed by atoms with Crippen molar-refractivity contribution in [1.29, 1.82) is 0 Å². The fraction of sp³-hybridized carbons (Fsp3) is 0.222. The van der Waals surface area contributed by atoms with Gasteiger partial charge < -0.3 is 18.9 Å². The Morgan fingerprint density at radius 2 is 1.48 bits per heavy atom. The SMILES string of the molecule is CCOC(=O)c1cc(Cc2cc3ccccc3n2CC(=O)N(C)CCc2ccccc2)ccc1OCc1ccccc1. The first-order valence-electron chi connectivity index (χ1n) is 14.3. The van der Waals surface area contributed by atoms with Gasteiger partial charge in [0.1, 0.15) is 24.5 Å². The molecule has 0 atom stereocenters. The third-order valence-electron chi connectivity index (χ3n) is 7.36. The number of aromatic nitrogens is 1. The van der Waals surface area contributed by atoms with E-state index in [0.717, 1.165) is 34.1 Å². The zero-order valence-corrected chi connectivity index (χ0v) is 24.2. The van der Waals surface area contributed by atoms with Gasteiger partial charge in [-0.15, -0.1) is 0 Å². The maximum Gasteiger partial charge on any atom is 0.341 e. The lowest BCUT2D eigenvalue weighted by atomic mass is 10.0. The van der Waals surface area contributed by atoms with Gasteiger partial charge in [-0.2, -0.15) is 0 Å². The second-order valence-corrected chi connectivity index (χ2v) is 10.3. The summed E-state index contributed by atoms with van der Waals surface area (Å²) in [5, 5.41) is 1.07. The summed E-state index contributed by atoms with van der Waals surface area (Å²) in [4.78, 5) is 28.1. The lowest BCUT2D eigenvalue weighted by Crippen LogP contribution is -2.32. The number of nitrogens with zero attached hydrogens (tertiary/aromatic N) is 2. The van der Waals surface area contributed by atoms with E-state index in [-0.39, 0.29) is 19.1 Å². The summed E-state index contributed by atoms with van der Waals surface area (Å²) in [7, 11) is 1.86. The average Bonchev–Trinajstić information content (AvgIpc) is 3.36. The van der Waals surface area contributed by atoms with Gasteiger partial charge in [-0.1, -0.05) is 84.9 Å². The Kier molecular flexibility index (Phi) is 9.34. The summed E-state index contributed by atoms with van der Waals surface area (Å²) < 4.78 is 13.5. The van der Waals surface area contributed by atoms with E-state index in [0.29, 0.717) is 30.9 Å². The van der Waals surface area contributed by atoms with E-state index >= 15 is 0 Å². The number of benzene rings is 4. The van der Waals surface area contributed by atoms with E-state index in [4.69, 9.17) is 9.47 Å². The third kappa shape index (κ3) is 7.07. The van der Waals surface area contributed by atoms with Crippen molar-refractivity contribution in [3.8, 4) is 5.75 Å². The van der Waals surface area contributed by atoms with Crippen LogP contribution < -0.4 is 4.74 Å². The average molecular weight is 561 g/mol. The Bertz CT molecular complexity index is 1640. The van der Waals surface area contributed by atoms with Crippen molar-refractivity contribution in [1.82, 2.24) is 9.47 Å². The molecule has 0 saturated heterocycles. The molecule has 0 aliphatic carbocycles. The van der Waals surface area contributed by atoms with Crippen LogP contribution in [0.3, 0.4) is 0 Å². The number of amides is 1. The minimum absolute atomic E-state index is 0.0467. The molecule has 5 rings (SSSR count). The van der Waals surface area contributed by atoms with E-state index in [1.807, 2.05) is 92.0 Å². The molecule has 0 radical (unpaired) electrons. The van der Waals surface area contributed by atoms with Crippen LogP contribution in [0.2, 0.25) is 0 Å². The van der Waals surface area contributed by atoms with E-state index in [2.05, 4.69) is 28.8 Å². The lowest BCUT2D eigenvalue weighted by molar-refractivity contribution is -0.130. The fourth-order valence-corrected chi connectivity index (χ4v) is 5.05. The Morgan fingerprint density at radius 3 is 2.21 bits per heavy atom. The largest absolute Gasteiger partial charge is 0.488 e. The molecule has 1 aromatic heterocycles. The number of ether oxygens (including phenoxy) is 2. The number of rotatable bonds is 12. The number of carbonyl (C=O) groups excluding carboxylic acids is 2. The van der Waals surface area contributed by atoms with Gasteiger partial charge in [0, 0.05) is 31.2 Å². The van der Waals surface area contributed by atoms with Crippen molar-refractivity contribution in [2.45, 2.75) is 32.9 Å². The number of hydrogen-bond acceptors (Lipinski definition) is 4. The first-order chi connectivity index (χ1) is 20.5. The molecule has 0 saturated carbocycles. The number of fused-ring (bicyclic) bond motifs is 1. The van der Waals surface area contributed by atoms with Crippen LogP contribution in [0.4, 0.5) is 0 Å². The van der Waals surface area contributed by atoms with Gasteiger partial charge in [0.15, 0.2) is 0 Å². The molecule has 0 aliphatic heterocycles. The van der Waals surface area contributed by atoms with Gasteiger partial charge in [-0.25, -0.2) is 4.79 Å². The Hall–Kier alpha value is -4.84. The highest BCUT2D eigenvalue weighted by atomic mass is 16.5. The summed E-state index contributed by atoms with van der Waals surface area (Å²) in [6.07, 6.45) is 1.35. The molecule has 6 nitrogen and oxygen atoms in total. The fourth-order valence-electron chi connectivity index (χ4n) is 5.05. The lowest BCUT2D eigenvalue weighted by Gasteiger charge is -2.19. The summed E-state index contributed by atoms with van der Waals surface area (Å²) in [5.74, 6) is 0.111. The normalized spacial score (nSPS) is 10.9. The van der Waals surface area contributed by atoms with Crippen LogP contribution in [-0.2, 0) is 35.5 Å². The van der Waals surface area contributed by atoms with Gasteiger partial charge in [-0.3, -0.25) is 4.79 Å². The third-order valence-corrected chi connectivity index (χ3v) is 7.36. The highest BCUT2D eigenvalue weighted by Gasteiger charge is 2.18. The molecular formula is C36H36N2O4. The quantitative estimate of drug-likeness (QED) is 0.160. The zero-order chi connectivity index (χ0) is 29.3. The minimum Gasteiger partial charge on any atom is -0.488 e. The second-order valence-electron chi connectivity index (χ2n) is 10.3. The number of hydrogen-bond donors (Lipinski definition) is 0. The van der Waals surface area contributed by atoms with Gasteiger partial charge in [0.25, 0.3) is 0 Å². The van der Waals surface area contributed by atoms with Gasteiger partial charge >= 0.3 is 5.97 Å². The van der Waals surface area contributed by atoms with Crippen molar-refractivity contribution in [2.75, 3.05) is 20.2 Å². The van der Waals surface area contributed by atoms with Crippen LogP contribution in [0.15, 0.2) is 109 Å². The molecular weight excluding hydrogens is 524 g/mol. The molecule has 0 bridgehead atoms. The van der Waals surface area contributed by atoms with Crippen molar-refractivity contribution >= 4 is 22.8 Å². The topological polar surface area (TPSA) is 60.8 Å². The van der Waals surface area contributed by atoms with Crippen molar-refractivity contribution in [3.63, 3.8) is 0 Å². The summed E-state index contributed by atoms with van der Waals surface area (Å²) in [5.41, 5.74) is 5.54. The predicted molar refractivity (Wildman–Crippen MR) is 166 cm³/mol. The Balaban J connectivity index is 1.37. The molecule has 1 heterocycles. The first kappa shape index (κ1) is 28.7. The van der Waals surface area contributed by atoms with Gasteiger partial charge in [0.05, 0.1) is 6.61 Å². The maximum atomic E-state index is 13.4. The van der Waals surface area contributed by atoms with E-state index < -0.39 is 5.97 Å². The van der Waals surface area contributed by atoms with Gasteiger partial charge in [-0.05, 0) is 59.7 Å². The van der Waals surface area contributed by atoms with Crippen LogP contribution in [0, 0.1) is 0 Å². The smallest absolute Gasteiger partial charge is 0.341 e. The second kappa shape index (κ2) is 13.7. The molecule has 0 unspecified atom stereocenters. The summed E-state index contributed by atoms with van der Waals surface area (Å²) >= 11 is 0. The Labute approximate surface area is 247 Å². The standard InChI is InChI=1S/C36H36N2O4/c1-3-41-36(40)32-23-29(18-19-34(32)42-26-28-14-8-5-9-15-28)22-31-24-30-16-10-11-17-33(30)38(31)25-35(39)37(2)21-20-27-12-6-4-7-13-27/h4-19,23-24H,3,20-22,25-26H2,1-2H3. The van der Waals surface area contributed by atoms with Crippen molar-refractivity contribution in [2.24, 2.45) is 0 Å². The van der Waals surface area contributed by atoms with Crippen LogP contribution in [0.5, 0.6) is 5.75 Å². The van der Waals surface area contributed by atoms with Crippen molar-refractivity contribution in [3.05, 3.63) is 137 Å². The highest BCUT2D eigenvalue weighted by Crippen LogP contribution is 2.27. The number of carbonyl (C=O) groups is 2. The van der Waals surface area contributed by atoms with Crippen LogP contribution in [-0.4, -0.2) is 41.5 Å². The molecule has 0 spiro atoms. The number of esters is 1. The predicted octanol–water partition coefficient (Wildman–Crippen LogP) is 6.69. The molecule has 214 valence electrons. The monoisotopic (exact) mass is 560 g/mol. The van der Waals surface area contributed by atoms with E-state index in [9.17, 15) is 9.59 Å². The first-order valence-corrected chi connectivity index (χ1v) is 14.3. The molecule has 5 aromatic rings. The molecule has 4 aromatic carbocycles. The highest BCUT2D eigenvalue weighted by molar-refractivity contribution is 5.93. The number of para-hydroxylation sites is 1. The molecule has 1 amide bonds. The molecule has 0 fully saturated rings. The molecule has 6 heteroatoms. The zero-order valence-electron chi connectivity index (χ0n) is 24.2. The van der Waals surface area contributed by atoms with Crippen LogP contribution in [0.1, 0.15) is 39.7 Å². The van der Waals surface area contributed by atoms with Crippen LogP contribution in [0.25, 0.3) is 10.9 Å². The van der Waals surface area contributed by atoms with Gasteiger partial charge in [0.2, 0.25) is 5.91 Å². The summed E-state index contributed by atoms with van der Waals surface area (Å²) in [6.45, 7) is 3.29. The van der Waals surface area contributed by atoms with Crippen molar-refractivity contribution < 1.29 is 19.1 Å². The minimum atomic E-state index is -0.418. The van der Waals surface area contributed by atoms with E-state index in [1.165, 1.54) is 5.56 Å². The molecule has 0 N–H and O–H groups in total. The van der Waals surface area contributed by atoms with E-state index in [1.54, 1.807) is 11.8 Å².